The van der Waals surface area contributed by atoms with E-state index in [1.807, 2.05) is 55.5 Å². The third-order valence-electron chi connectivity index (χ3n) is 2.81. The molecule has 0 amide bonds. The van der Waals surface area contributed by atoms with Gasteiger partial charge in [-0.2, -0.15) is 0 Å². The fourth-order valence-electron chi connectivity index (χ4n) is 1.81. The summed E-state index contributed by atoms with van der Waals surface area (Å²) in [5.41, 5.74) is 8.89. The van der Waals surface area contributed by atoms with Gasteiger partial charge in [0.05, 0.1) is 0 Å². The smallest absolute Gasteiger partial charge is 0.127 e. The number of halogens is 1. The molecule has 18 heavy (non-hydrogen) atoms. The van der Waals surface area contributed by atoms with Crippen molar-refractivity contribution in [3.8, 4) is 11.1 Å². The Kier molecular flexibility index (Phi) is 3.84. The first-order valence-electron chi connectivity index (χ1n) is 5.74. The molecule has 4 heteroatoms. The maximum absolute atomic E-state index is 6.04. The van der Waals surface area contributed by atoms with Crippen LogP contribution in [0.3, 0.4) is 0 Å². The highest BCUT2D eigenvalue weighted by Gasteiger charge is 2.06. The Balaban J connectivity index is 2.44. The molecule has 0 aliphatic rings. The first-order valence-corrected chi connectivity index (χ1v) is 6.12. The summed E-state index contributed by atoms with van der Waals surface area (Å²) < 4.78 is 0. The first-order chi connectivity index (χ1) is 8.61. The van der Waals surface area contributed by atoms with Crippen molar-refractivity contribution in [3.63, 3.8) is 0 Å². The minimum absolute atomic E-state index is 0.488. The second kappa shape index (κ2) is 5.38. The number of hydrogen-bond acceptors (Lipinski definition) is 3. The highest BCUT2D eigenvalue weighted by Crippen LogP contribution is 2.27. The fourth-order valence-corrected chi connectivity index (χ4v) is 1.98. The van der Waals surface area contributed by atoms with Crippen molar-refractivity contribution < 1.29 is 0 Å². The molecule has 2 aromatic rings. The Hall–Kier alpha value is -1.58. The summed E-state index contributed by atoms with van der Waals surface area (Å²) >= 11 is 6.04. The van der Waals surface area contributed by atoms with E-state index in [9.17, 15) is 0 Å². The molecule has 1 heterocycles. The van der Waals surface area contributed by atoms with Crippen LogP contribution in [0.5, 0.6) is 0 Å². The molecule has 0 aliphatic carbocycles. The lowest BCUT2D eigenvalue weighted by Gasteiger charge is -2.13. The summed E-state index contributed by atoms with van der Waals surface area (Å²) in [4.78, 5) is 6.37. The topological polar surface area (TPSA) is 42.1 Å². The number of rotatable bonds is 3. The molecule has 0 atom stereocenters. The van der Waals surface area contributed by atoms with Gasteiger partial charge in [0.25, 0.3) is 0 Å². The summed E-state index contributed by atoms with van der Waals surface area (Å²) in [6.07, 6.45) is 1.85. The minimum Gasteiger partial charge on any atom is -0.363 e. The molecule has 2 rings (SSSR count). The van der Waals surface area contributed by atoms with Crippen molar-refractivity contribution in [1.82, 2.24) is 4.98 Å². The van der Waals surface area contributed by atoms with Crippen LogP contribution in [0.1, 0.15) is 5.56 Å². The molecule has 0 aliphatic heterocycles. The largest absolute Gasteiger partial charge is 0.363 e. The number of aromatic nitrogens is 1. The van der Waals surface area contributed by atoms with E-state index in [1.54, 1.807) is 0 Å². The van der Waals surface area contributed by atoms with Crippen LogP contribution in [0, 0.1) is 0 Å². The number of pyridine rings is 1. The van der Waals surface area contributed by atoms with Crippen LogP contribution in [0.15, 0.2) is 36.5 Å². The lowest BCUT2D eigenvalue weighted by molar-refractivity contribution is 1.06. The molecule has 94 valence electrons. The van der Waals surface area contributed by atoms with E-state index < -0.39 is 0 Å². The van der Waals surface area contributed by atoms with Crippen LogP contribution in [0.2, 0.25) is 5.02 Å². The predicted octanol–water partition coefficient (Wildman–Crippen LogP) is 2.93. The van der Waals surface area contributed by atoms with Crippen LogP contribution in [0.4, 0.5) is 5.82 Å². The van der Waals surface area contributed by atoms with Gasteiger partial charge >= 0.3 is 0 Å². The maximum atomic E-state index is 6.04. The zero-order chi connectivity index (χ0) is 13.1. The Morgan fingerprint density at radius 2 is 2.00 bits per heavy atom. The highest BCUT2D eigenvalue weighted by atomic mass is 35.5. The molecule has 1 aromatic heterocycles. The molecule has 0 spiro atoms. The molecule has 0 bridgehead atoms. The molecule has 0 saturated carbocycles. The number of nitrogens with two attached hydrogens (primary N) is 1. The lowest BCUT2D eigenvalue weighted by Crippen LogP contribution is -2.10. The van der Waals surface area contributed by atoms with E-state index in [0.717, 1.165) is 22.5 Å². The fraction of sp³-hybridized carbons (Fsp3) is 0.214. The molecular formula is C14H16ClN3. The van der Waals surface area contributed by atoms with Crippen LogP contribution >= 0.6 is 11.6 Å². The van der Waals surface area contributed by atoms with Gasteiger partial charge in [-0.25, -0.2) is 4.98 Å². The Morgan fingerprint density at radius 3 is 2.56 bits per heavy atom. The number of benzene rings is 1. The van der Waals surface area contributed by atoms with Crippen molar-refractivity contribution in [2.75, 3.05) is 19.0 Å². The van der Waals surface area contributed by atoms with Gasteiger partial charge in [-0.1, -0.05) is 17.7 Å². The van der Waals surface area contributed by atoms with Gasteiger partial charge in [0.15, 0.2) is 0 Å². The molecule has 2 N–H and O–H groups in total. The minimum atomic E-state index is 0.488. The number of hydrogen-bond donors (Lipinski definition) is 1. The van der Waals surface area contributed by atoms with E-state index >= 15 is 0 Å². The Morgan fingerprint density at radius 1 is 1.22 bits per heavy atom. The van der Waals surface area contributed by atoms with Crippen LogP contribution < -0.4 is 10.6 Å². The standard InChI is InChI=1S/C14H16ClN3/c1-18(2)14-6-4-11(9-17-14)13-7-12(15)5-3-10(13)8-16/h3-7,9H,8,16H2,1-2H3. The third-order valence-corrected chi connectivity index (χ3v) is 3.04. The average molecular weight is 262 g/mol. The van der Waals surface area contributed by atoms with Crippen molar-refractivity contribution in [3.05, 3.63) is 47.1 Å². The van der Waals surface area contributed by atoms with Crippen LogP contribution in [0.25, 0.3) is 11.1 Å². The second-order valence-electron chi connectivity index (χ2n) is 4.31. The van der Waals surface area contributed by atoms with E-state index in [-0.39, 0.29) is 0 Å². The van der Waals surface area contributed by atoms with Crippen molar-refractivity contribution >= 4 is 17.4 Å². The first kappa shape index (κ1) is 12.9. The molecule has 0 fully saturated rings. The van der Waals surface area contributed by atoms with Gasteiger partial charge in [-0.3, -0.25) is 0 Å². The highest BCUT2D eigenvalue weighted by molar-refractivity contribution is 6.30. The second-order valence-corrected chi connectivity index (χ2v) is 4.74. The zero-order valence-corrected chi connectivity index (χ0v) is 11.3. The van der Waals surface area contributed by atoms with Gasteiger partial charge in [-0.15, -0.1) is 0 Å². The third kappa shape index (κ3) is 2.63. The van der Waals surface area contributed by atoms with Gasteiger partial charge in [0.1, 0.15) is 5.82 Å². The monoisotopic (exact) mass is 261 g/mol. The van der Waals surface area contributed by atoms with E-state index in [1.165, 1.54) is 0 Å². The van der Waals surface area contributed by atoms with E-state index in [2.05, 4.69) is 4.98 Å². The number of anilines is 1. The molecule has 0 radical (unpaired) electrons. The summed E-state index contributed by atoms with van der Waals surface area (Å²) in [6.45, 7) is 0.488. The van der Waals surface area contributed by atoms with Crippen molar-refractivity contribution in [2.24, 2.45) is 5.73 Å². The lowest BCUT2D eigenvalue weighted by atomic mass is 10.0. The van der Waals surface area contributed by atoms with E-state index in [0.29, 0.717) is 11.6 Å². The van der Waals surface area contributed by atoms with Crippen molar-refractivity contribution in [2.45, 2.75) is 6.54 Å². The summed E-state index contributed by atoms with van der Waals surface area (Å²) in [6, 6.07) is 9.76. The van der Waals surface area contributed by atoms with Gasteiger partial charge in [-0.05, 0) is 35.4 Å². The maximum Gasteiger partial charge on any atom is 0.127 e. The summed E-state index contributed by atoms with van der Waals surface area (Å²) in [7, 11) is 3.93. The normalized spacial score (nSPS) is 10.4. The zero-order valence-electron chi connectivity index (χ0n) is 10.5. The molecule has 0 unspecified atom stereocenters. The predicted molar refractivity (Wildman–Crippen MR) is 76.9 cm³/mol. The molecular weight excluding hydrogens is 246 g/mol. The molecule has 1 aromatic carbocycles. The van der Waals surface area contributed by atoms with Gasteiger partial charge in [0, 0.05) is 37.4 Å². The SMILES string of the molecule is CN(C)c1ccc(-c2cc(Cl)ccc2CN)cn1. The van der Waals surface area contributed by atoms with Gasteiger partial charge in [0.2, 0.25) is 0 Å². The quantitative estimate of drug-likeness (QED) is 0.924. The summed E-state index contributed by atoms with van der Waals surface area (Å²) in [5.74, 6) is 0.926. The van der Waals surface area contributed by atoms with Crippen LogP contribution in [-0.2, 0) is 6.54 Å². The Bertz CT molecular complexity index is 535. The molecule has 3 nitrogen and oxygen atoms in total. The van der Waals surface area contributed by atoms with Crippen LogP contribution in [-0.4, -0.2) is 19.1 Å². The number of nitrogens with zero attached hydrogens (tertiary/aromatic N) is 2. The molecule has 0 saturated heterocycles. The Labute approximate surface area is 112 Å². The van der Waals surface area contributed by atoms with Gasteiger partial charge < -0.3 is 10.6 Å². The van der Waals surface area contributed by atoms with E-state index in [4.69, 9.17) is 17.3 Å². The summed E-state index contributed by atoms with van der Waals surface area (Å²) in [5, 5.41) is 0.707. The average Bonchev–Trinajstić information content (AvgIpc) is 2.39. The van der Waals surface area contributed by atoms with Crippen molar-refractivity contribution in [1.29, 1.82) is 0 Å².